The Hall–Kier alpha value is -4.01. The van der Waals surface area contributed by atoms with Crippen molar-refractivity contribution in [2.45, 2.75) is 0 Å². The monoisotopic (exact) mass is 612 g/mol. The van der Waals surface area contributed by atoms with Crippen molar-refractivity contribution < 1.29 is 60.0 Å². The Bertz CT molecular complexity index is 1250. The minimum atomic E-state index is -1.36. The molecule has 4 rings (SSSR count). The molecule has 14 heteroatoms. The van der Waals surface area contributed by atoms with Gasteiger partial charge in [-0.15, -0.1) is 0 Å². The standard InChI is InChI=1S/4C7H6O3.Ca.Mg/c4*8-6-4-2-1-3-5(6)7(9)10;;/h4*1-4,8H,(H,9,10);;/q;;;;2*+2/p-4. The molecule has 0 aliphatic heterocycles. The maximum Gasteiger partial charge on any atom is 2.00 e. The maximum absolute atomic E-state index is 10.2. The number of carbonyl (C=O) groups is 4. The fraction of sp³-hybridized carbons (Fsp3) is 0. The topological polar surface area (TPSA) is 241 Å². The first-order valence-electron chi connectivity index (χ1n) is 10.8. The van der Waals surface area contributed by atoms with E-state index < -0.39 is 23.9 Å². The van der Waals surface area contributed by atoms with Crippen LogP contribution in [-0.4, -0.2) is 105 Å². The summed E-state index contributed by atoms with van der Waals surface area (Å²) in [5, 5.41) is 76.0. The summed E-state index contributed by atoms with van der Waals surface area (Å²) in [5.74, 6) is -6.50. The maximum atomic E-state index is 10.2. The summed E-state index contributed by atoms with van der Waals surface area (Å²) in [5.41, 5.74) is -0.713. The van der Waals surface area contributed by atoms with Gasteiger partial charge >= 0.3 is 60.8 Å². The second kappa shape index (κ2) is 20.8. The third-order valence-corrected chi connectivity index (χ3v) is 4.50. The number of carboxylic acids is 4. The Labute approximate surface area is 284 Å². The Balaban J connectivity index is 0. The van der Waals surface area contributed by atoms with Crippen LogP contribution in [0.2, 0.25) is 0 Å². The van der Waals surface area contributed by atoms with Gasteiger partial charge in [-0.25, -0.2) is 0 Å². The van der Waals surface area contributed by atoms with Crippen LogP contribution in [-0.2, 0) is 0 Å². The van der Waals surface area contributed by atoms with Gasteiger partial charge in [0.05, 0.1) is 23.9 Å². The minimum Gasteiger partial charge on any atom is -0.545 e. The fourth-order valence-electron chi connectivity index (χ4n) is 2.59. The predicted molar refractivity (Wildman–Crippen MR) is 141 cm³/mol. The number of phenols is 4. The molecule has 0 aromatic heterocycles. The Morgan fingerprint density at radius 2 is 0.524 bits per heavy atom. The molecule has 0 saturated heterocycles. The van der Waals surface area contributed by atoms with E-state index in [4.69, 9.17) is 20.4 Å². The Morgan fingerprint density at radius 3 is 0.619 bits per heavy atom. The molecule has 0 atom stereocenters. The van der Waals surface area contributed by atoms with E-state index in [1.54, 1.807) is 24.3 Å². The molecule has 0 bridgehead atoms. The van der Waals surface area contributed by atoms with Gasteiger partial charge in [0.2, 0.25) is 0 Å². The largest absolute Gasteiger partial charge is 2.00 e. The molecule has 0 unspecified atom stereocenters. The molecular formula is C28H20CaMgO12. The molecule has 4 aromatic rings. The first-order chi connectivity index (χ1) is 18.9. The van der Waals surface area contributed by atoms with Crippen molar-refractivity contribution >= 4 is 84.7 Å². The zero-order valence-electron chi connectivity index (χ0n) is 21.7. The van der Waals surface area contributed by atoms with Crippen LogP contribution in [0.1, 0.15) is 41.4 Å². The molecule has 0 aliphatic carbocycles. The van der Waals surface area contributed by atoms with Crippen LogP contribution >= 0.6 is 0 Å². The molecule has 0 fully saturated rings. The SMILES string of the molecule is O=C([O-])c1ccccc1O.O=C([O-])c1ccccc1O.O=C([O-])c1ccccc1O.O=C([O-])c1ccccc1O.[Ca+2].[Mg+2]. The molecule has 208 valence electrons. The number of para-hydroxylation sites is 4. The summed E-state index contributed by atoms with van der Waals surface area (Å²) in [6, 6.07) is 22.6. The number of aromatic hydroxyl groups is 4. The Morgan fingerprint density at radius 1 is 0.381 bits per heavy atom. The molecule has 0 aliphatic rings. The molecule has 4 aromatic carbocycles. The molecule has 0 amide bonds. The molecule has 0 radical (unpaired) electrons. The first kappa shape index (κ1) is 40.1. The van der Waals surface area contributed by atoms with Crippen LogP contribution < -0.4 is 20.4 Å². The second-order valence-corrected chi connectivity index (χ2v) is 7.22. The normalized spacial score (nSPS) is 8.76. The van der Waals surface area contributed by atoms with Crippen LogP contribution in [0.3, 0.4) is 0 Å². The van der Waals surface area contributed by atoms with E-state index >= 15 is 0 Å². The van der Waals surface area contributed by atoms with E-state index in [-0.39, 0.29) is 106 Å². The number of carbonyl (C=O) groups excluding carboxylic acids is 4. The summed E-state index contributed by atoms with van der Waals surface area (Å²) in [6.45, 7) is 0. The molecule has 4 N–H and O–H groups in total. The van der Waals surface area contributed by atoms with Crippen molar-refractivity contribution in [2.75, 3.05) is 0 Å². The van der Waals surface area contributed by atoms with E-state index in [9.17, 15) is 39.6 Å². The average molecular weight is 613 g/mol. The molecule has 0 heterocycles. The average Bonchev–Trinajstić information content (AvgIpc) is 2.90. The minimum absolute atomic E-state index is 0. The number of rotatable bonds is 4. The summed E-state index contributed by atoms with van der Waals surface area (Å²) >= 11 is 0. The van der Waals surface area contributed by atoms with Gasteiger partial charge in [0, 0.05) is 22.3 Å². The van der Waals surface area contributed by atoms with Gasteiger partial charge in [-0.2, -0.15) is 0 Å². The van der Waals surface area contributed by atoms with Crippen molar-refractivity contribution in [3.8, 4) is 23.0 Å². The zero-order valence-corrected chi connectivity index (χ0v) is 25.3. The van der Waals surface area contributed by atoms with Crippen LogP contribution in [0.15, 0.2) is 97.1 Å². The van der Waals surface area contributed by atoms with Crippen molar-refractivity contribution in [1.29, 1.82) is 0 Å². The van der Waals surface area contributed by atoms with Crippen molar-refractivity contribution in [2.24, 2.45) is 0 Å². The number of benzene rings is 4. The van der Waals surface area contributed by atoms with Crippen molar-refractivity contribution in [3.63, 3.8) is 0 Å². The third-order valence-electron chi connectivity index (χ3n) is 4.50. The molecule has 0 saturated carbocycles. The first-order valence-corrected chi connectivity index (χ1v) is 10.8. The van der Waals surface area contributed by atoms with Crippen molar-refractivity contribution in [3.05, 3.63) is 119 Å². The van der Waals surface area contributed by atoms with Crippen LogP contribution in [0.5, 0.6) is 23.0 Å². The van der Waals surface area contributed by atoms with Crippen LogP contribution in [0.4, 0.5) is 0 Å². The van der Waals surface area contributed by atoms with Gasteiger partial charge in [0.15, 0.2) is 0 Å². The smallest absolute Gasteiger partial charge is 0.545 e. The predicted octanol–water partition coefficient (Wildman–Crippen LogP) is -1.74. The van der Waals surface area contributed by atoms with E-state index in [2.05, 4.69) is 0 Å². The molecule has 42 heavy (non-hydrogen) atoms. The molecular weight excluding hydrogens is 593 g/mol. The van der Waals surface area contributed by atoms with Crippen LogP contribution in [0.25, 0.3) is 0 Å². The fourth-order valence-corrected chi connectivity index (χ4v) is 2.59. The Kier molecular flexibility index (Phi) is 19.9. The summed E-state index contributed by atoms with van der Waals surface area (Å²) in [4.78, 5) is 40.6. The molecule has 12 nitrogen and oxygen atoms in total. The molecule has 0 spiro atoms. The zero-order chi connectivity index (χ0) is 30.2. The van der Waals surface area contributed by atoms with Crippen LogP contribution in [0, 0.1) is 0 Å². The van der Waals surface area contributed by atoms with Gasteiger partial charge in [0.25, 0.3) is 0 Å². The van der Waals surface area contributed by atoms with Gasteiger partial charge in [0.1, 0.15) is 23.0 Å². The van der Waals surface area contributed by atoms with Gasteiger partial charge in [-0.1, -0.05) is 48.5 Å². The van der Waals surface area contributed by atoms with E-state index in [1.807, 2.05) is 0 Å². The number of hydrogen-bond donors (Lipinski definition) is 4. The quantitative estimate of drug-likeness (QED) is 0.188. The van der Waals surface area contributed by atoms with Crippen molar-refractivity contribution in [1.82, 2.24) is 0 Å². The number of aromatic carboxylic acids is 4. The summed E-state index contributed by atoms with van der Waals surface area (Å²) < 4.78 is 0. The van der Waals surface area contributed by atoms with E-state index in [0.29, 0.717) is 0 Å². The van der Waals surface area contributed by atoms with Gasteiger partial charge in [-0.3, -0.25) is 0 Å². The summed E-state index contributed by atoms with van der Waals surface area (Å²) in [6.07, 6.45) is 0. The van der Waals surface area contributed by atoms with E-state index in [0.717, 1.165) is 0 Å². The summed E-state index contributed by atoms with van der Waals surface area (Å²) in [7, 11) is 0. The number of hydrogen-bond acceptors (Lipinski definition) is 12. The van der Waals surface area contributed by atoms with E-state index in [1.165, 1.54) is 72.8 Å². The number of carboxylic acid groups (broad SMARTS) is 4. The second-order valence-electron chi connectivity index (χ2n) is 7.22. The van der Waals surface area contributed by atoms with Gasteiger partial charge < -0.3 is 60.0 Å². The van der Waals surface area contributed by atoms with Gasteiger partial charge in [-0.05, 0) is 48.5 Å². The third kappa shape index (κ3) is 14.1.